The largest absolute Gasteiger partial charge is 0.573 e. The Labute approximate surface area is 131 Å². The first-order chi connectivity index (χ1) is 10.7. The van der Waals surface area contributed by atoms with Crippen LogP contribution in [-0.4, -0.2) is 35.3 Å². The Morgan fingerprint density at radius 1 is 1.22 bits per heavy atom. The van der Waals surface area contributed by atoms with Crippen LogP contribution in [0.2, 0.25) is 0 Å². The Morgan fingerprint density at radius 2 is 1.87 bits per heavy atom. The molecule has 0 aliphatic rings. The van der Waals surface area contributed by atoms with Gasteiger partial charge < -0.3 is 14.7 Å². The standard InChI is InChI=1S/C15H18F3NO4/c1-19(13(20)7-2-3-8-14(21)22)10-11-5-4-6-12(9-11)23-15(16,17)18/h4-6,9H,2-3,7-8,10H2,1H3,(H,21,22). The number of unbranched alkanes of at least 4 members (excludes halogenated alkanes) is 1. The molecule has 1 amide bonds. The van der Waals surface area contributed by atoms with E-state index in [4.69, 9.17) is 5.11 Å². The molecule has 0 aromatic heterocycles. The smallest absolute Gasteiger partial charge is 0.481 e. The average molecular weight is 333 g/mol. The molecular weight excluding hydrogens is 315 g/mol. The van der Waals surface area contributed by atoms with Crippen LogP contribution >= 0.6 is 0 Å². The number of aliphatic carboxylic acids is 1. The van der Waals surface area contributed by atoms with Gasteiger partial charge in [0, 0.05) is 26.4 Å². The Balaban J connectivity index is 2.50. The van der Waals surface area contributed by atoms with Crippen molar-refractivity contribution in [1.82, 2.24) is 4.90 Å². The van der Waals surface area contributed by atoms with E-state index in [-0.39, 0.29) is 31.0 Å². The molecule has 0 atom stereocenters. The van der Waals surface area contributed by atoms with Crippen LogP contribution in [-0.2, 0) is 16.1 Å². The molecule has 0 saturated heterocycles. The maximum absolute atomic E-state index is 12.2. The van der Waals surface area contributed by atoms with Gasteiger partial charge in [0.05, 0.1) is 0 Å². The van der Waals surface area contributed by atoms with E-state index >= 15 is 0 Å². The lowest BCUT2D eigenvalue weighted by atomic mass is 10.1. The van der Waals surface area contributed by atoms with E-state index in [0.29, 0.717) is 18.4 Å². The summed E-state index contributed by atoms with van der Waals surface area (Å²) in [7, 11) is 1.54. The first-order valence-electron chi connectivity index (χ1n) is 6.98. The normalized spacial score (nSPS) is 11.1. The van der Waals surface area contributed by atoms with Crippen LogP contribution in [0.25, 0.3) is 0 Å². The van der Waals surface area contributed by atoms with Crippen LogP contribution in [0.15, 0.2) is 24.3 Å². The second-order valence-corrected chi connectivity index (χ2v) is 5.05. The molecule has 23 heavy (non-hydrogen) atoms. The Hall–Kier alpha value is -2.25. The second-order valence-electron chi connectivity index (χ2n) is 5.05. The summed E-state index contributed by atoms with van der Waals surface area (Å²) in [6, 6.07) is 5.42. The van der Waals surface area contributed by atoms with Gasteiger partial charge in [-0.25, -0.2) is 0 Å². The number of amides is 1. The fourth-order valence-corrected chi connectivity index (χ4v) is 1.95. The van der Waals surface area contributed by atoms with Crippen molar-refractivity contribution in [3.63, 3.8) is 0 Å². The highest BCUT2D eigenvalue weighted by Gasteiger charge is 2.31. The average Bonchev–Trinajstić information content (AvgIpc) is 2.41. The molecule has 5 nitrogen and oxygen atoms in total. The summed E-state index contributed by atoms with van der Waals surface area (Å²) in [5, 5.41) is 8.50. The first-order valence-corrected chi connectivity index (χ1v) is 6.98. The molecule has 1 aromatic carbocycles. The molecule has 0 fully saturated rings. The second kappa shape index (κ2) is 8.40. The first kappa shape index (κ1) is 18.8. The fourth-order valence-electron chi connectivity index (χ4n) is 1.95. The number of hydrogen-bond acceptors (Lipinski definition) is 3. The summed E-state index contributed by atoms with van der Waals surface area (Å²) in [6.07, 6.45) is -3.70. The molecule has 0 aliphatic heterocycles. The van der Waals surface area contributed by atoms with Gasteiger partial charge in [-0.05, 0) is 30.5 Å². The number of halogens is 3. The molecule has 128 valence electrons. The Morgan fingerprint density at radius 3 is 2.48 bits per heavy atom. The third kappa shape index (κ3) is 8.08. The van der Waals surface area contributed by atoms with Crippen molar-refractivity contribution in [2.24, 2.45) is 0 Å². The van der Waals surface area contributed by atoms with Gasteiger partial charge >= 0.3 is 12.3 Å². The number of carbonyl (C=O) groups excluding carboxylic acids is 1. The maximum Gasteiger partial charge on any atom is 0.573 e. The highest BCUT2D eigenvalue weighted by Crippen LogP contribution is 2.23. The van der Waals surface area contributed by atoms with Crippen LogP contribution in [0.4, 0.5) is 13.2 Å². The van der Waals surface area contributed by atoms with Gasteiger partial charge in [0.1, 0.15) is 5.75 Å². The van der Waals surface area contributed by atoms with Gasteiger partial charge in [0.25, 0.3) is 0 Å². The Bertz CT molecular complexity index is 546. The fraction of sp³-hybridized carbons (Fsp3) is 0.467. The molecule has 0 bridgehead atoms. The van der Waals surface area contributed by atoms with Crippen molar-refractivity contribution in [3.8, 4) is 5.75 Å². The number of carboxylic acids is 1. The zero-order chi connectivity index (χ0) is 17.5. The molecule has 0 heterocycles. The molecule has 1 aromatic rings. The lowest BCUT2D eigenvalue weighted by molar-refractivity contribution is -0.274. The quantitative estimate of drug-likeness (QED) is 0.742. The highest BCUT2D eigenvalue weighted by atomic mass is 19.4. The number of carboxylic acid groups (broad SMARTS) is 1. The summed E-state index contributed by atoms with van der Waals surface area (Å²) < 4.78 is 40.3. The zero-order valence-corrected chi connectivity index (χ0v) is 12.6. The highest BCUT2D eigenvalue weighted by molar-refractivity contribution is 5.76. The van der Waals surface area contributed by atoms with Gasteiger partial charge in [0.15, 0.2) is 0 Å². The summed E-state index contributed by atoms with van der Waals surface area (Å²) in [6.45, 7) is 0.146. The van der Waals surface area contributed by atoms with Gasteiger partial charge in [-0.3, -0.25) is 9.59 Å². The summed E-state index contributed by atoms with van der Waals surface area (Å²) in [4.78, 5) is 23.6. The number of nitrogens with zero attached hydrogens (tertiary/aromatic N) is 1. The van der Waals surface area contributed by atoms with Crippen molar-refractivity contribution in [2.75, 3.05) is 7.05 Å². The van der Waals surface area contributed by atoms with E-state index < -0.39 is 12.3 Å². The van der Waals surface area contributed by atoms with E-state index in [0.717, 1.165) is 0 Å². The van der Waals surface area contributed by atoms with Crippen LogP contribution in [0, 0.1) is 0 Å². The van der Waals surface area contributed by atoms with E-state index in [1.807, 2.05) is 0 Å². The van der Waals surface area contributed by atoms with E-state index in [1.165, 1.54) is 30.1 Å². The number of ether oxygens (including phenoxy) is 1. The molecule has 0 spiro atoms. The van der Waals surface area contributed by atoms with Gasteiger partial charge in [-0.1, -0.05) is 12.1 Å². The molecule has 0 unspecified atom stereocenters. The molecule has 8 heteroatoms. The predicted molar refractivity (Wildman–Crippen MR) is 75.7 cm³/mol. The summed E-state index contributed by atoms with van der Waals surface area (Å²) in [5.41, 5.74) is 0.508. The maximum atomic E-state index is 12.2. The predicted octanol–water partition coefficient (Wildman–Crippen LogP) is 3.19. The minimum absolute atomic E-state index is 0.00776. The van der Waals surface area contributed by atoms with Crippen molar-refractivity contribution in [3.05, 3.63) is 29.8 Å². The van der Waals surface area contributed by atoms with Gasteiger partial charge in [0.2, 0.25) is 5.91 Å². The SMILES string of the molecule is CN(Cc1cccc(OC(F)(F)F)c1)C(=O)CCCCC(=O)O. The lowest BCUT2D eigenvalue weighted by Crippen LogP contribution is -2.26. The number of carbonyl (C=O) groups is 2. The lowest BCUT2D eigenvalue weighted by Gasteiger charge is -2.18. The number of benzene rings is 1. The van der Waals surface area contributed by atoms with Crippen molar-refractivity contribution < 1.29 is 32.6 Å². The third-order valence-electron chi connectivity index (χ3n) is 3.01. The van der Waals surface area contributed by atoms with Gasteiger partial charge in [-0.15, -0.1) is 13.2 Å². The topological polar surface area (TPSA) is 66.8 Å². The van der Waals surface area contributed by atoms with E-state index in [2.05, 4.69) is 4.74 Å². The van der Waals surface area contributed by atoms with Crippen LogP contribution in [0.3, 0.4) is 0 Å². The molecule has 1 rings (SSSR count). The van der Waals surface area contributed by atoms with Crippen LogP contribution < -0.4 is 4.74 Å². The molecular formula is C15H18F3NO4. The van der Waals surface area contributed by atoms with Crippen LogP contribution in [0.5, 0.6) is 5.75 Å². The minimum Gasteiger partial charge on any atom is -0.481 e. The third-order valence-corrected chi connectivity index (χ3v) is 3.01. The molecule has 1 N–H and O–H groups in total. The number of alkyl halides is 3. The molecule has 0 radical (unpaired) electrons. The Kier molecular flexibility index (Phi) is 6.87. The van der Waals surface area contributed by atoms with E-state index in [9.17, 15) is 22.8 Å². The number of rotatable bonds is 8. The summed E-state index contributed by atoms with van der Waals surface area (Å²) in [5.74, 6) is -1.44. The number of hydrogen-bond donors (Lipinski definition) is 1. The summed E-state index contributed by atoms with van der Waals surface area (Å²) >= 11 is 0. The van der Waals surface area contributed by atoms with Crippen molar-refractivity contribution in [1.29, 1.82) is 0 Å². The van der Waals surface area contributed by atoms with Crippen molar-refractivity contribution in [2.45, 2.75) is 38.6 Å². The van der Waals surface area contributed by atoms with Crippen molar-refractivity contribution >= 4 is 11.9 Å². The molecule has 0 aliphatic carbocycles. The zero-order valence-electron chi connectivity index (χ0n) is 12.6. The molecule has 0 saturated carbocycles. The monoisotopic (exact) mass is 333 g/mol. The van der Waals surface area contributed by atoms with E-state index in [1.54, 1.807) is 6.07 Å². The van der Waals surface area contributed by atoms with Gasteiger partial charge in [-0.2, -0.15) is 0 Å². The minimum atomic E-state index is -4.76. The van der Waals surface area contributed by atoms with Crippen LogP contribution in [0.1, 0.15) is 31.2 Å².